The molecule has 0 aliphatic heterocycles. The predicted octanol–water partition coefficient (Wildman–Crippen LogP) is 3.37. The van der Waals surface area contributed by atoms with Crippen molar-refractivity contribution in [1.29, 1.82) is 0 Å². The minimum Gasteiger partial charge on any atom is -0.476 e. The van der Waals surface area contributed by atoms with Crippen molar-refractivity contribution in [3.05, 3.63) is 46.6 Å². The van der Waals surface area contributed by atoms with Gasteiger partial charge in [-0.25, -0.2) is 4.79 Å². The highest BCUT2D eigenvalue weighted by Crippen LogP contribution is 2.24. The van der Waals surface area contributed by atoms with Crippen molar-refractivity contribution < 1.29 is 19.4 Å². The van der Waals surface area contributed by atoms with Crippen molar-refractivity contribution >= 4 is 5.97 Å². The number of hydrogen-bond donors (Lipinski definition) is 1. The number of carboxylic acids is 1. The third-order valence-electron chi connectivity index (χ3n) is 3.66. The summed E-state index contributed by atoms with van der Waals surface area (Å²) in [5.41, 5.74) is 2.54. The van der Waals surface area contributed by atoms with Crippen LogP contribution in [0.1, 0.15) is 48.0 Å². The second kappa shape index (κ2) is 6.86. The molecule has 0 amide bonds. The van der Waals surface area contributed by atoms with Gasteiger partial charge >= 0.3 is 12.0 Å². The van der Waals surface area contributed by atoms with Gasteiger partial charge in [-0.05, 0) is 23.5 Å². The van der Waals surface area contributed by atoms with Gasteiger partial charge in [-0.1, -0.05) is 45.0 Å². The van der Waals surface area contributed by atoms with Gasteiger partial charge in [0.05, 0.1) is 7.11 Å². The van der Waals surface area contributed by atoms with Crippen LogP contribution in [0.25, 0.3) is 0 Å². The molecule has 1 aromatic heterocycles. The van der Waals surface area contributed by atoms with Gasteiger partial charge in [-0.2, -0.15) is 9.97 Å². The van der Waals surface area contributed by atoms with Crippen LogP contribution in [0, 0.1) is 6.92 Å². The van der Waals surface area contributed by atoms with Crippen LogP contribution in [0.2, 0.25) is 0 Å². The number of aromatic nitrogens is 2. The van der Waals surface area contributed by atoms with E-state index in [1.165, 1.54) is 12.7 Å². The molecule has 0 spiro atoms. The molecule has 1 heterocycles. The fourth-order valence-corrected chi connectivity index (χ4v) is 2.17. The first-order valence-electron chi connectivity index (χ1n) is 7.60. The molecule has 0 bridgehead atoms. The molecule has 1 N–H and O–H groups in total. The first-order valence-corrected chi connectivity index (χ1v) is 7.60. The van der Waals surface area contributed by atoms with Crippen molar-refractivity contribution in [2.24, 2.45) is 0 Å². The smallest absolute Gasteiger partial charge is 0.355 e. The maximum absolute atomic E-state index is 11.2. The Morgan fingerprint density at radius 3 is 2.29 bits per heavy atom. The van der Waals surface area contributed by atoms with Gasteiger partial charge in [0.25, 0.3) is 0 Å². The Balaban J connectivity index is 2.20. The summed E-state index contributed by atoms with van der Waals surface area (Å²) >= 11 is 0. The van der Waals surface area contributed by atoms with Crippen molar-refractivity contribution in [1.82, 2.24) is 9.97 Å². The van der Waals surface area contributed by atoms with E-state index in [0.29, 0.717) is 5.56 Å². The molecule has 0 saturated heterocycles. The fraction of sp³-hybridized carbons (Fsp3) is 0.389. The molecule has 2 aromatic rings. The standard InChI is InChI=1S/C18H22N2O4/c1-11-14(16(21)22)19-17(23-5)20-15(11)24-10-12-6-8-13(9-7-12)18(2,3)4/h6-9H,10H2,1-5H3,(H,21,22). The van der Waals surface area contributed by atoms with E-state index in [2.05, 4.69) is 42.9 Å². The normalized spacial score (nSPS) is 11.2. The number of carbonyl (C=O) groups is 1. The van der Waals surface area contributed by atoms with Crippen LogP contribution >= 0.6 is 0 Å². The Morgan fingerprint density at radius 2 is 1.79 bits per heavy atom. The van der Waals surface area contributed by atoms with Crippen molar-refractivity contribution in [2.75, 3.05) is 7.11 Å². The third kappa shape index (κ3) is 4.01. The lowest BCUT2D eigenvalue weighted by molar-refractivity contribution is 0.0687. The SMILES string of the molecule is COc1nc(OCc2ccc(C(C)(C)C)cc2)c(C)c(C(=O)O)n1. The number of hydrogen-bond acceptors (Lipinski definition) is 5. The molecule has 0 saturated carbocycles. The molecule has 128 valence electrons. The summed E-state index contributed by atoms with van der Waals surface area (Å²) in [5.74, 6) is -0.938. The minimum absolute atomic E-state index is 0.0314. The Hall–Kier alpha value is -2.63. The number of carboxylic acid groups (broad SMARTS) is 1. The number of ether oxygens (including phenoxy) is 2. The summed E-state index contributed by atoms with van der Waals surface area (Å²) in [6.45, 7) is 8.36. The molecular formula is C18H22N2O4. The zero-order chi connectivity index (χ0) is 17.9. The third-order valence-corrected chi connectivity index (χ3v) is 3.66. The molecule has 0 fully saturated rings. The van der Waals surface area contributed by atoms with Crippen LogP contribution in [0.3, 0.4) is 0 Å². The van der Waals surface area contributed by atoms with Crippen LogP contribution < -0.4 is 9.47 Å². The minimum atomic E-state index is -1.15. The van der Waals surface area contributed by atoms with E-state index < -0.39 is 5.97 Å². The van der Waals surface area contributed by atoms with Crippen LogP contribution in [0.5, 0.6) is 11.9 Å². The van der Waals surface area contributed by atoms with Gasteiger partial charge < -0.3 is 14.6 Å². The van der Waals surface area contributed by atoms with Crippen LogP contribution in [0.4, 0.5) is 0 Å². The summed E-state index contributed by atoms with van der Waals surface area (Å²) in [6, 6.07) is 8.08. The van der Waals surface area contributed by atoms with E-state index in [1.807, 2.05) is 12.1 Å². The Bertz CT molecular complexity index is 734. The number of benzene rings is 1. The summed E-state index contributed by atoms with van der Waals surface area (Å²) in [7, 11) is 1.38. The van der Waals surface area contributed by atoms with E-state index in [1.54, 1.807) is 6.92 Å². The van der Waals surface area contributed by atoms with E-state index in [-0.39, 0.29) is 29.6 Å². The molecule has 1 aromatic carbocycles. The lowest BCUT2D eigenvalue weighted by Crippen LogP contribution is -2.11. The first kappa shape index (κ1) is 17.7. The fourth-order valence-electron chi connectivity index (χ4n) is 2.17. The van der Waals surface area contributed by atoms with Gasteiger partial charge in [0.15, 0.2) is 5.69 Å². The van der Waals surface area contributed by atoms with E-state index >= 15 is 0 Å². The summed E-state index contributed by atoms with van der Waals surface area (Å²) in [6.07, 6.45) is 0. The highest BCUT2D eigenvalue weighted by atomic mass is 16.5. The van der Waals surface area contributed by atoms with Crippen LogP contribution in [0.15, 0.2) is 24.3 Å². The summed E-state index contributed by atoms with van der Waals surface area (Å²) < 4.78 is 10.6. The van der Waals surface area contributed by atoms with E-state index in [0.717, 1.165) is 5.56 Å². The highest BCUT2D eigenvalue weighted by molar-refractivity contribution is 5.87. The monoisotopic (exact) mass is 330 g/mol. The topological polar surface area (TPSA) is 81.5 Å². The van der Waals surface area contributed by atoms with Gasteiger partial charge in [0.1, 0.15) is 6.61 Å². The van der Waals surface area contributed by atoms with E-state index in [9.17, 15) is 9.90 Å². The van der Waals surface area contributed by atoms with Gasteiger partial charge in [-0.3, -0.25) is 0 Å². The van der Waals surface area contributed by atoms with Crippen molar-refractivity contribution in [3.8, 4) is 11.9 Å². The molecule has 6 nitrogen and oxygen atoms in total. The maximum atomic E-state index is 11.2. The molecule has 0 unspecified atom stereocenters. The molecule has 0 radical (unpaired) electrons. The Labute approximate surface area is 141 Å². The quantitative estimate of drug-likeness (QED) is 0.905. The second-order valence-corrected chi connectivity index (χ2v) is 6.53. The average molecular weight is 330 g/mol. The largest absolute Gasteiger partial charge is 0.476 e. The van der Waals surface area contributed by atoms with Gasteiger partial charge in [0.2, 0.25) is 5.88 Å². The number of aromatic carboxylic acids is 1. The predicted molar refractivity (Wildman–Crippen MR) is 89.8 cm³/mol. The van der Waals surface area contributed by atoms with E-state index in [4.69, 9.17) is 9.47 Å². The molecule has 0 aliphatic carbocycles. The summed E-state index contributed by atoms with van der Waals surface area (Å²) in [5, 5.41) is 9.20. The second-order valence-electron chi connectivity index (χ2n) is 6.53. The van der Waals surface area contributed by atoms with Gasteiger partial charge in [-0.15, -0.1) is 0 Å². The van der Waals surface area contributed by atoms with Crippen molar-refractivity contribution in [3.63, 3.8) is 0 Å². The molecule has 0 aliphatic rings. The highest BCUT2D eigenvalue weighted by Gasteiger charge is 2.18. The molecule has 24 heavy (non-hydrogen) atoms. The zero-order valence-corrected chi connectivity index (χ0v) is 14.6. The lowest BCUT2D eigenvalue weighted by atomic mass is 9.87. The molecular weight excluding hydrogens is 308 g/mol. The van der Waals surface area contributed by atoms with Gasteiger partial charge in [0, 0.05) is 5.56 Å². The number of rotatable bonds is 5. The molecule has 2 rings (SSSR count). The Morgan fingerprint density at radius 1 is 1.17 bits per heavy atom. The number of nitrogens with zero attached hydrogens (tertiary/aromatic N) is 2. The van der Waals surface area contributed by atoms with Crippen molar-refractivity contribution in [2.45, 2.75) is 39.7 Å². The molecule has 6 heteroatoms. The van der Waals surface area contributed by atoms with Crippen LogP contribution in [-0.2, 0) is 12.0 Å². The number of methoxy groups -OCH3 is 1. The first-order chi connectivity index (χ1) is 11.2. The maximum Gasteiger partial charge on any atom is 0.355 e. The summed E-state index contributed by atoms with van der Waals surface area (Å²) in [4.78, 5) is 19.2. The van der Waals surface area contributed by atoms with Crippen LogP contribution in [-0.4, -0.2) is 28.2 Å². The Kier molecular flexibility index (Phi) is 5.07. The lowest BCUT2D eigenvalue weighted by Gasteiger charge is -2.19. The zero-order valence-electron chi connectivity index (χ0n) is 14.6. The molecule has 0 atom stereocenters. The average Bonchev–Trinajstić information content (AvgIpc) is 2.53.